The average Bonchev–Trinajstić information content (AvgIpc) is 2.54. The van der Waals surface area contributed by atoms with Gasteiger partial charge in [-0.15, -0.1) is 0 Å². The third kappa shape index (κ3) is 4.00. The lowest BCUT2D eigenvalue weighted by Gasteiger charge is -2.11. The number of hydrogen-bond acceptors (Lipinski definition) is 5. The second kappa shape index (κ2) is 6.34. The fraction of sp³-hybridized carbons (Fsp3) is 0.0625. The molecule has 0 aliphatic heterocycles. The maximum Gasteiger partial charge on any atom is 0.416 e. The zero-order valence-corrected chi connectivity index (χ0v) is 12.5. The topological polar surface area (TPSA) is 76.7 Å². The third-order valence-electron chi connectivity index (χ3n) is 3.21. The van der Waals surface area contributed by atoms with Gasteiger partial charge in [0.15, 0.2) is 0 Å². The summed E-state index contributed by atoms with van der Waals surface area (Å²) < 4.78 is 51.2. The van der Waals surface area contributed by atoms with Crippen LogP contribution in [0.2, 0.25) is 0 Å². The fourth-order valence-electron chi connectivity index (χ4n) is 2.10. The van der Waals surface area contributed by atoms with Crippen molar-refractivity contribution in [1.29, 1.82) is 0 Å². The summed E-state index contributed by atoms with van der Waals surface area (Å²) in [6.45, 7) is 0. The molecule has 3 N–H and O–H groups in total. The summed E-state index contributed by atoms with van der Waals surface area (Å²) in [5.41, 5.74) is 6.19. The maximum atomic E-state index is 12.9. The molecule has 0 aromatic carbocycles. The van der Waals surface area contributed by atoms with Gasteiger partial charge in [-0.25, -0.2) is 15.0 Å². The number of pyridine rings is 3. The standard InChI is InChI=1S/C16H11F4N5/c17-13-2-1-9(8-23-13)12-6-11(21)7-15(24-12)25-14-5-10(3-4-22-14)16(18,19)20/h1-8H,(H3,21,22,24,25). The predicted molar refractivity (Wildman–Crippen MR) is 84.4 cm³/mol. The molecule has 0 unspecified atom stereocenters. The molecule has 0 spiro atoms. The molecular formula is C16H11F4N5. The number of aromatic nitrogens is 3. The van der Waals surface area contributed by atoms with Gasteiger partial charge in [-0.05, 0) is 30.3 Å². The van der Waals surface area contributed by atoms with E-state index in [1.165, 1.54) is 24.4 Å². The zero-order valence-electron chi connectivity index (χ0n) is 12.5. The smallest absolute Gasteiger partial charge is 0.399 e. The van der Waals surface area contributed by atoms with Gasteiger partial charge in [-0.2, -0.15) is 17.6 Å². The minimum Gasteiger partial charge on any atom is -0.399 e. The van der Waals surface area contributed by atoms with E-state index in [1.54, 1.807) is 6.07 Å². The Kier molecular flexibility index (Phi) is 4.22. The van der Waals surface area contributed by atoms with Gasteiger partial charge < -0.3 is 11.1 Å². The van der Waals surface area contributed by atoms with E-state index in [9.17, 15) is 17.6 Å². The molecule has 3 heterocycles. The van der Waals surface area contributed by atoms with Gasteiger partial charge in [0.2, 0.25) is 5.95 Å². The van der Waals surface area contributed by atoms with Crippen molar-refractivity contribution in [3.63, 3.8) is 0 Å². The Bertz CT molecular complexity index is 894. The third-order valence-corrected chi connectivity index (χ3v) is 3.21. The van der Waals surface area contributed by atoms with Crippen LogP contribution in [0.5, 0.6) is 0 Å². The van der Waals surface area contributed by atoms with Crippen LogP contribution < -0.4 is 11.1 Å². The van der Waals surface area contributed by atoms with E-state index in [0.717, 1.165) is 18.3 Å². The first-order valence-corrected chi connectivity index (χ1v) is 7.01. The highest BCUT2D eigenvalue weighted by molar-refractivity contribution is 5.68. The number of halogens is 4. The molecule has 128 valence electrons. The summed E-state index contributed by atoms with van der Waals surface area (Å²) in [5, 5.41) is 2.68. The van der Waals surface area contributed by atoms with Crippen molar-refractivity contribution in [3.8, 4) is 11.3 Å². The summed E-state index contributed by atoms with van der Waals surface area (Å²) in [6.07, 6.45) is -2.15. The Morgan fingerprint density at radius 3 is 2.44 bits per heavy atom. The van der Waals surface area contributed by atoms with Crippen molar-refractivity contribution in [2.75, 3.05) is 11.1 Å². The number of nitrogen functional groups attached to an aromatic ring is 1. The Morgan fingerprint density at radius 1 is 0.960 bits per heavy atom. The van der Waals surface area contributed by atoms with Crippen molar-refractivity contribution in [3.05, 3.63) is 60.3 Å². The highest BCUT2D eigenvalue weighted by Gasteiger charge is 2.30. The lowest BCUT2D eigenvalue weighted by molar-refractivity contribution is -0.137. The van der Waals surface area contributed by atoms with Gasteiger partial charge >= 0.3 is 6.18 Å². The average molecular weight is 349 g/mol. The molecule has 3 rings (SSSR count). The first-order chi connectivity index (χ1) is 11.8. The largest absolute Gasteiger partial charge is 0.416 e. The lowest BCUT2D eigenvalue weighted by atomic mass is 10.2. The molecule has 0 radical (unpaired) electrons. The molecule has 5 nitrogen and oxygen atoms in total. The highest BCUT2D eigenvalue weighted by atomic mass is 19.4. The molecular weight excluding hydrogens is 338 g/mol. The van der Waals surface area contributed by atoms with Crippen LogP contribution in [0.3, 0.4) is 0 Å². The number of rotatable bonds is 3. The molecule has 0 atom stereocenters. The van der Waals surface area contributed by atoms with Crippen molar-refractivity contribution < 1.29 is 17.6 Å². The van der Waals surface area contributed by atoms with Crippen molar-refractivity contribution in [2.45, 2.75) is 6.18 Å². The Morgan fingerprint density at radius 2 is 1.76 bits per heavy atom. The molecule has 3 aromatic rings. The van der Waals surface area contributed by atoms with E-state index in [2.05, 4.69) is 20.3 Å². The molecule has 0 bridgehead atoms. The molecule has 25 heavy (non-hydrogen) atoms. The Balaban J connectivity index is 1.92. The number of hydrogen-bond donors (Lipinski definition) is 2. The van der Waals surface area contributed by atoms with Gasteiger partial charge in [-0.3, -0.25) is 0 Å². The monoisotopic (exact) mass is 349 g/mol. The van der Waals surface area contributed by atoms with Gasteiger partial charge in [0, 0.05) is 29.7 Å². The van der Waals surface area contributed by atoms with Crippen molar-refractivity contribution >= 4 is 17.3 Å². The normalized spacial score (nSPS) is 11.4. The highest BCUT2D eigenvalue weighted by Crippen LogP contribution is 2.31. The minimum atomic E-state index is -4.48. The number of nitrogens with zero attached hydrogens (tertiary/aromatic N) is 3. The molecule has 0 aliphatic rings. The van der Waals surface area contributed by atoms with E-state index in [4.69, 9.17) is 5.73 Å². The molecule has 0 fully saturated rings. The Hall–Kier alpha value is -3.23. The summed E-state index contributed by atoms with van der Waals surface area (Å²) >= 11 is 0. The molecule has 0 amide bonds. The summed E-state index contributed by atoms with van der Waals surface area (Å²) in [7, 11) is 0. The lowest BCUT2D eigenvalue weighted by Crippen LogP contribution is -2.06. The van der Waals surface area contributed by atoms with Crippen LogP contribution in [0.25, 0.3) is 11.3 Å². The number of nitrogens with two attached hydrogens (primary N) is 1. The first-order valence-electron chi connectivity index (χ1n) is 7.01. The molecule has 9 heteroatoms. The van der Waals surface area contributed by atoms with Crippen LogP contribution in [0, 0.1) is 5.95 Å². The first kappa shape index (κ1) is 16.6. The van der Waals surface area contributed by atoms with Crippen LogP contribution in [-0.4, -0.2) is 15.0 Å². The second-order valence-electron chi connectivity index (χ2n) is 5.09. The van der Waals surface area contributed by atoms with E-state index in [0.29, 0.717) is 16.9 Å². The second-order valence-corrected chi connectivity index (χ2v) is 5.09. The van der Waals surface area contributed by atoms with Crippen LogP contribution in [0.4, 0.5) is 34.9 Å². The van der Waals surface area contributed by atoms with Crippen LogP contribution in [0.1, 0.15) is 5.56 Å². The quantitative estimate of drug-likeness (QED) is 0.552. The van der Waals surface area contributed by atoms with E-state index in [1.807, 2.05) is 0 Å². The molecule has 0 aliphatic carbocycles. The molecule has 0 saturated heterocycles. The van der Waals surface area contributed by atoms with Crippen molar-refractivity contribution in [2.24, 2.45) is 0 Å². The minimum absolute atomic E-state index is 0.0314. The summed E-state index contributed by atoms with van der Waals surface area (Å²) in [6, 6.07) is 7.36. The van der Waals surface area contributed by atoms with E-state index in [-0.39, 0.29) is 11.6 Å². The van der Waals surface area contributed by atoms with Gasteiger partial charge in [-0.1, -0.05) is 0 Å². The van der Waals surface area contributed by atoms with Crippen LogP contribution in [0.15, 0.2) is 48.8 Å². The van der Waals surface area contributed by atoms with Gasteiger partial charge in [0.25, 0.3) is 0 Å². The van der Waals surface area contributed by atoms with Crippen LogP contribution in [-0.2, 0) is 6.18 Å². The van der Waals surface area contributed by atoms with Crippen LogP contribution >= 0.6 is 0 Å². The number of alkyl halides is 3. The van der Waals surface area contributed by atoms with E-state index < -0.39 is 17.7 Å². The number of anilines is 3. The summed E-state index contributed by atoms with van der Waals surface area (Å²) in [5.74, 6) is -0.471. The summed E-state index contributed by atoms with van der Waals surface area (Å²) in [4.78, 5) is 11.6. The van der Waals surface area contributed by atoms with Gasteiger partial charge in [0.1, 0.15) is 11.6 Å². The van der Waals surface area contributed by atoms with E-state index >= 15 is 0 Å². The SMILES string of the molecule is Nc1cc(Nc2cc(C(F)(F)F)ccn2)nc(-c2ccc(F)nc2)c1. The molecule has 0 saturated carbocycles. The van der Waals surface area contributed by atoms with Gasteiger partial charge in [0.05, 0.1) is 11.3 Å². The predicted octanol–water partition coefficient (Wildman–Crippen LogP) is 4.02. The molecule has 3 aromatic heterocycles. The number of nitrogens with one attached hydrogen (secondary N) is 1. The maximum absolute atomic E-state index is 12.9. The Labute approximate surface area is 139 Å². The van der Waals surface area contributed by atoms with Crippen molar-refractivity contribution in [1.82, 2.24) is 15.0 Å². The zero-order chi connectivity index (χ0) is 18.0. The fourth-order valence-corrected chi connectivity index (χ4v) is 2.10.